The fourth-order valence-corrected chi connectivity index (χ4v) is 2.56. The molecule has 0 saturated carbocycles. The van der Waals surface area contributed by atoms with Crippen molar-refractivity contribution in [3.05, 3.63) is 34.4 Å². The molecule has 0 atom stereocenters. The third-order valence-electron chi connectivity index (χ3n) is 3.87. The number of hydrogen-bond donors (Lipinski definition) is 1. The first-order chi connectivity index (χ1) is 9.17. The number of cyclic esters (lactones) is 1. The molecule has 1 aromatic carbocycles. The smallest absolute Gasteiger partial charge is 0.338 e. The van der Waals surface area contributed by atoms with E-state index in [1.54, 1.807) is 0 Å². The van der Waals surface area contributed by atoms with E-state index in [2.05, 4.69) is 24.8 Å². The number of ether oxygens (including phenoxy) is 1. The normalized spacial score (nSPS) is 13.8. The van der Waals surface area contributed by atoms with Gasteiger partial charge in [0.25, 0.3) is 0 Å². The number of carbonyl (C=O) groups excluding carboxylic acids is 1. The van der Waals surface area contributed by atoms with Gasteiger partial charge in [-0.25, -0.2) is 4.79 Å². The third-order valence-corrected chi connectivity index (χ3v) is 3.87. The monoisotopic (exact) mass is 262 g/mol. The van der Waals surface area contributed by atoms with Gasteiger partial charge in [0.15, 0.2) is 0 Å². The van der Waals surface area contributed by atoms with Crippen LogP contribution in [0.15, 0.2) is 12.1 Å². The Bertz CT molecular complexity index is 471. The Morgan fingerprint density at radius 2 is 2.16 bits per heavy atom. The Kier molecular flexibility index (Phi) is 4.56. The van der Waals surface area contributed by atoms with Gasteiger partial charge < -0.3 is 15.4 Å². The standard InChI is InChI=1S/C15H22N2O2/c1-3-17(9-7-16)8-6-12-4-5-13-14(11(12)2)10-19-15(13)18/h4-5H,3,6-10,16H2,1-2H3. The molecule has 0 bridgehead atoms. The predicted molar refractivity (Wildman–Crippen MR) is 75.2 cm³/mol. The number of nitrogens with zero attached hydrogens (tertiary/aromatic N) is 1. The summed E-state index contributed by atoms with van der Waals surface area (Å²) in [6.45, 7) is 8.30. The first-order valence-electron chi connectivity index (χ1n) is 6.88. The van der Waals surface area contributed by atoms with E-state index in [0.29, 0.717) is 13.2 Å². The van der Waals surface area contributed by atoms with Crippen molar-refractivity contribution in [2.45, 2.75) is 26.9 Å². The maximum Gasteiger partial charge on any atom is 0.338 e. The number of benzene rings is 1. The highest BCUT2D eigenvalue weighted by Crippen LogP contribution is 2.26. The number of likely N-dealkylation sites (N-methyl/N-ethyl adjacent to an activating group) is 1. The first kappa shape index (κ1) is 14.0. The molecule has 1 aromatic rings. The summed E-state index contributed by atoms with van der Waals surface area (Å²) >= 11 is 0. The van der Waals surface area contributed by atoms with Gasteiger partial charge in [0.1, 0.15) is 6.61 Å². The lowest BCUT2D eigenvalue weighted by Crippen LogP contribution is -2.31. The van der Waals surface area contributed by atoms with Crippen LogP contribution >= 0.6 is 0 Å². The van der Waals surface area contributed by atoms with Gasteiger partial charge in [0.05, 0.1) is 5.56 Å². The van der Waals surface area contributed by atoms with E-state index >= 15 is 0 Å². The molecule has 104 valence electrons. The number of fused-ring (bicyclic) bond motifs is 1. The Hall–Kier alpha value is -1.39. The fourth-order valence-electron chi connectivity index (χ4n) is 2.56. The van der Waals surface area contributed by atoms with Crippen molar-refractivity contribution in [3.63, 3.8) is 0 Å². The van der Waals surface area contributed by atoms with E-state index in [1.165, 1.54) is 11.1 Å². The zero-order valence-corrected chi connectivity index (χ0v) is 11.7. The average molecular weight is 262 g/mol. The molecule has 2 N–H and O–H groups in total. The summed E-state index contributed by atoms with van der Waals surface area (Å²) < 4.78 is 5.08. The van der Waals surface area contributed by atoms with Crippen LogP contribution in [0, 0.1) is 6.92 Å². The molecule has 0 spiro atoms. The van der Waals surface area contributed by atoms with Crippen LogP contribution in [-0.2, 0) is 17.8 Å². The van der Waals surface area contributed by atoms with Gasteiger partial charge in [0.2, 0.25) is 0 Å². The van der Waals surface area contributed by atoms with Gasteiger partial charge in [0, 0.05) is 25.2 Å². The second-order valence-corrected chi connectivity index (χ2v) is 4.92. The van der Waals surface area contributed by atoms with E-state index in [9.17, 15) is 4.79 Å². The Labute approximate surface area is 114 Å². The van der Waals surface area contributed by atoms with Crippen LogP contribution in [-0.4, -0.2) is 37.0 Å². The van der Waals surface area contributed by atoms with Gasteiger partial charge in [-0.3, -0.25) is 0 Å². The summed E-state index contributed by atoms with van der Waals surface area (Å²) in [6, 6.07) is 3.95. The summed E-state index contributed by atoms with van der Waals surface area (Å²) in [7, 11) is 0. The van der Waals surface area contributed by atoms with Crippen molar-refractivity contribution in [2.75, 3.05) is 26.2 Å². The maximum atomic E-state index is 11.5. The van der Waals surface area contributed by atoms with Crippen LogP contribution in [0.25, 0.3) is 0 Å². The van der Waals surface area contributed by atoms with Crippen molar-refractivity contribution in [1.82, 2.24) is 4.90 Å². The lowest BCUT2D eigenvalue weighted by atomic mass is 9.96. The second kappa shape index (κ2) is 6.17. The van der Waals surface area contributed by atoms with Crippen LogP contribution < -0.4 is 5.73 Å². The minimum absolute atomic E-state index is 0.192. The summed E-state index contributed by atoms with van der Waals surface area (Å²) in [5.74, 6) is -0.192. The summed E-state index contributed by atoms with van der Waals surface area (Å²) in [5.41, 5.74) is 9.89. The maximum absolute atomic E-state index is 11.5. The van der Waals surface area contributed by atoms with Crippen LogP contribution in [0.4, 0.5) is 0 Å². The van der Waals surface area contributed by atoms with Crippen molar-refractivity contribution in [2.24, 2.45) is 5.73 Å². The van der Waals surface area contributed by atoms with Crippen LogP contribution in [0.3, 0.4) is 0 Å². The minimum atomic E-state index is -0.192. The molecule has 0 fully saturated rings. The molecule has 0 aromatic heterocycles. The highest BCUT2D eigenvalue weighted by atomic mass is 16.5. The second-order valence-electron chi connectivity index (χ2n) is 4.92. The largest absolute Gasteiger partial charge is 0.457 e. The molecule has 4 heteroatoms. The first-order valence-corrected chi connectivity index (χ1v) is 6.88. The van der Waals surface area contributed by atoms with E-state index in [0.717, 1.165) is 37.2 Å². The summed E-state index contributed by atoms with van der Waals surface area (Å²) in [4.78, 5) is 13.8. The zero-order valence-electron chi connectivity index (χ0n) is 11.7. The van der Waals surface area contributed by atoms with Crippen LogP contribution in [0.2, 0.25) is 0 Å². The van der Waals surface area contributed by atoms with Gasteiger partial charge >= 0.3 is 5.97 Å². The number of rotatable bonds is 6. The molecule has 0 unspecified atom stereocenters. The molecular weight excluding hydrogens is 240 g/mol. The molecule has 1 aliphatic heterocycles. The number of carbonyl (C=O) groups is 1. The molecule has 19 heavy (non-hydrogen) atoms. The molecule has 0 aliphatic carbocycles. The molecule has 2 rings (SSSR count). The average Bonchev–Trinajstić information content (AvgIpc) is 2.79. The minimum Gasteiger partial charge on any atom is -0.457 e. The molecular formula is C15H22N2O2. The van der Waals surface area contributed by atoms with Crippen LogP contribution in [0.1, 0.15) is 34.0 Å². The van der Waals surface area contributed by atoms with Crippen molar-refractivity contribution < 1.29 is 9.53 Å². The number of nitrogens with two attached hydrogens (primary N) is 1. The van der Waals surface area contributed by atoms with Gasteiger partial charge in [-0.05, 0) is 37.1 Å². The molecule has 0 saturated heterocycles. The van der Waals surface area contributed by atoms with Gasteiger partial charge in [-0.15, -0.1) is 0 Å². The fraction of sp³-hybridized carbons (Fsp3) is 0.533. The Morgan fingerprint density at radius 3 is 2.84 bits per heavy atom. The highest BCUT2D eigenvalue weighted by Gasteiger charge is 2.23. The Morgan fingerprint density at radius 1 is 1.37 bits per heavy atom. The van der Waals surface area contributed by atoms with Crippen molar-refractivity contribution >= 4 is 5.97 Å². The molecule has 0 radical (unpaired) electrons. The zero-order chi connectivity index (χ0) is 13.8. The van der Waals surface area contributed by atoms with Gasteiger partial charge in [-0.2, -0.15) is 0 Å². The lowest BCUT2D eigenvalue weighted by molar-refractivity contribution is 0.0535. The molecule has 1 heterocycles. The SMILES string of the molecule is CCN(CCN)CCc1ccc2c(c1C)COC2=O. The van der Waals surface area contributed by atoms with E-state index in [4.69, 9.17) is 10.5 Å². The molecule has 0 amide bonds. The summed E-state index contributed by atoms with van der Waals surface area (Å²) in [5, 5.41) is 0. The number of esters is 1. The third kappa shape index (κ3) is 2.96. The van der Waals surface area contributed by atoms with E-state index < -0.39 is 0 Å². The highest BCUT2D eigenvalue weighted by molar-refractivity contribution is 5.93. The predicted octanol–water partition coefficient (Wildman–Crippen LogP) is 1.49. The topological polar surface area (TPSA) is 55.6 Å². The van der Waals surface area contributed by atoms with Crippen LogP contribution in [0.5, 0.6) is 0 Å². The van der Waals surface area contributed by atoms with Gasteiger partial charge in [-0.1, -0.05) is 13.0 Å². The van der Waals surface area contributed by atoms with Crippen molar-refractivity contribution in [3.8, 4) is 0 Å². The van der Waals surface area contributed by atoms with E-state index in [1.807, 2.05) is 6.07 Å². The lowest BCUT2D eigenvalue weighted by Gasteiger charge is -2.20. The van der Waals surface area contributed by atoms with E-state index in [-0.39, 0.29) is 5.97 Å². The van der Waals surface area contributed by atoms with Crippen molar-refractivity contribution in [1.29, 1.82) is 0 Å². The molecule has 4 nitrogen and oxygen atoms in total. The Balaban J connectivity index is 2.08. The quantitative estimate of drug-likeness (QED) is 0.789. The summed E-state index contributed by atoms with van der Waals surface area (Å²) in [6.07, 6.45) is 0.987. The number of hydrogen-bond acceptors (Lipinski definition) is 4. The molecule has 1 aliphatic rings.